The number of carbonyl (C=O) groups is 3. The van der Waals surface area contributed by atoms with Crippen LogP contribution in [0.2, 0.25) is 0 Å². The van der Waals surface area contributed by atoms with Gasteiger partial charge in [-0.05, 0) is 136 Å². The number of phenolic OH excluding ortho intramolecular Hbond substituents is 6. The third-order valence-electron chi connectivity index (χ3n) is 16.1. The quantitative estimate of drug-likeness (QED) is 0.0251. The largest absolute Gasteiger partial charge is 0.507 e. The van der Waals surface area contributed by atoms with Gasteiger partial charge in [-0.25, -0.2) is 0 Å². The molecule has 6 aromatic carbocycles. The van der Waals surface area contributed by atoms with Crippen molar-refractivity contribution in [2.45, 2.75) is 65.1 Å². The zero-order valence-electron chi connectivity index (χ0n) is 54.5. The summed E-state index contributed by atoms with van der Waals surface area (Å²) in [6, 6.07) is 34.6. The summed E-state index contributed by atoms with van der Waals surface area (Å²) in [5, 5.41) is 90.9. The number of benzene rings is 6. The second-order valence-corrected chi connectivity index (χ2v) is 22.2. The molecule has 25 heteroatoms. The number of nitrogens with zero attached hydrogens (tertiary/aromatic N) is 6. The number of fused-ring (bicyclic) bond motifs is 3. The smallest absolute Gasteiger partial charge is 0.273 e. The number of aromatic hydroxyl groups is 6. The van der Waals surface area contributed by atoms with E-state index in [4.69, 9.17) is 33.5 Å². The van der Waals surface area contributed by atoms with Crippen LogP contribution in [0.1, 0.15) is 130 Å². The van der Waals surface area contributed by atoms with Gasteiger partial charge in [-0.3, -0.25) is 29.7 Å². The van der Waals surface area contributed by atoms with E-state index in [1.807, 2.05) is 39.0 Å². The second kappa shape index (κ2) is 32.5. The molecule has 3 unspecified atom stereocenters. The minimum Gasteiger partial charge on any atom is -0.507 e. The number of amides is 3. The Hall–Kier alpha value is -10.6. The van der Waals surface area contributed by atoms with E-state index >= 15 is 0 Å². The Morgan fingerprint density at radius 1 is 0.396 bits per heavy atom. The Morgan fingerprint density at radius 3 is 0.896 bits per heavy atom. The molecule has 0 bridgehead atoms. The predicted molar refractivity (Wildman–Crippen MR) is 356 cm³/mol. The summed E-state index contributed by atoms with van der Waals surface area (Å²) in [5.74, 6) is 0.909. The summed E-state index contributed by atoms with van der Waals surface area (Å²) >= 11 is 0. The van der Waals surface area contributed by atoms with E-state index in [0.29, 0.717) is 163 Å². The van der Waals surface area contributed by atoms with Gasteiger partial charge in [0.2, 0.25) is 0 Å². The van der Waals surface area contributed by atoms with Crippen LogP contribution in [0.4, 0.5) is 0 Å². The van der Waals surface area contributed by atoms with Gasteiger partial charge >= 0.3 is 0 Å². The summed E-state index contributed by atoms with van der Waals surface area (Å²) in [4.78, 5) is 45.0. The van der Waals surface area contributed by atoms with Gasteiger partial charge in [-0.1, -0.05) is 54.6 Å². The normalized spacial score (nSPS) is 15.1. The molecule has 9 aromatic rings. The van der Waals surface area contributed by atoms with E-state index in [9.17, 15) is 45.0 Å². The lowest BCUT2D eigenvalue weighted by atomic mass is 9.95. The fourth-order valence-electron chi connectivity index (χ4n) is 12.0. The Kier molecular flexibility index (Phi) is 23.6. The first kappa shape index (κ1) is 69.7. The van der Waals surface area contributed by atoms with E-state index in [2.05, 4.69) is 30.6 Å². The van der Waals surface area contributed by atoms with Gasteiger partial charge in [0, 0.05) is 101 Å². The van der Waals surface area contributed by atoms with Crippen LogP contribution < -0.4 is 14.2 Å². The number of phenols is 6. The summed E-state index contributed by atoms with van der Waals surface area (Å²) in [6.45, 7) is 11.7. The number of rotatable bonds is 24. The molecule has 506 valence electrons. The highest BCUT2D eigenvalue weighted by atomic mass is 16.5. The molecule has 0 radical (unpaired) electrons. The van der Waals surface area contributed by atoms with Crippen LogP contribution in [0.3, 0.4) is 0 Å². The predicted octanol–water partition coefficient (Wildman–Crippen LogP) is 10.4. The van der Waals surface area contributed by atoms with Crippen LogP contribution in [0, 0.1) is 0 Å². The number of ether oxygens (including phenoxy) is 6. The van der Waals surface area contributed by atoms with Crippen LogP contribution in [0.25, 0.3) is 33.8 Å². The molecule has 0 fully saturated rings. The van der Waals surface area contributed by atoms with Crippen molar-refractivity contribution in [2.75, 3.05) is 87.2 Å². The van der Waals surface area contributed by atoms with E-state index < -0.39 is 18.1 Å². The highest BCUT2D eigenvalue weighted by Gasteiger charge is 2.45. The molecule has 3 aliphatic rings. The fraction of sp³-hybridized carbons (Fsp3) is 0.324. The van der Waals surface area contributed by atoms with E-state index in [-0.39, 0.29) is 58.8 Å². The van der Waals surface area contributed by atoms with Crippen molar-refractivity contribution in [1.82, 2.24) is 45.3 Å². The Balaban J connectivity index is 0.000000165. The molecule has 3 aliphatic heterocycles. The number of hydrogen-bond acceptors (Lipinski definition) is 19. The molecule has 3 amide bonds. The Labute approximate surface area is 555 Å². The standard InChI is InChI=1S/3C23H25N3O5.C2H6O/c3*1-3-31-18-13-14(9-10-17(18)28)22-19-20(15-7-4-5-8-16(15)27)24-25-21(19)23(29)26(22)11-6-12-30-2;1-2-3/h3*4-5,7-10,13,22,27-28H,3,6,11-12H2,1-2H3,(H,24,25);3H,2H2,1H3. The van der Waals surface area contributed by atoms with Crippen molar-refractivity contribution in [2.24, 2.45) is 0 Å². The van der Waals surface area contributed by atoms with E-state index in [1.54, 1.807) is 152 Å². The molecule has 0 saturated carbocycles. The third-order valence-corrected chi connectivity index (χ3v) is 16.1. The van der Waals surface area contributed by atoms with Crippen LogP contribution in [0.15, 0.2) is 127 Å². The highest BCUT2D eigenvalue weighted by molar-refractivity contribution is 6.02. The number of aromatic amines is 3. The number of para-hydroxylation sites is 3. The minimum atomic E-state index is -0.451. The number of aliphatic hydroxyl groups excluding tert-OH is 1. The molecular weight excluding hydrogens is 1230 g/mol. The number of aliphatic hydroxyl groups is 1. The maximum absolute atomic E-state index is 13.3. The highest BCUT2D eigenvalue weighted by Crippen LogP contribution is 2.49. The topological polar surface area (TPSA) is 344 Å². The lowest BCUT2D eigenvalue weighted by molar-refractivity contribution is 0.0715. The molecule has 3 aromatic heterocycles. The number of H-pyrrole nitrogens is 3. The van der Waals surface area contributed by atoms with E-state index in [0.717, 1.165) is 16.7 Å². The zero-order chi connectivity index (χ0) is 68.6. The van der Waals surface area contributed by atoms with Crippen LogP contribution in [-0.4, -0.2) is 186 Å². The first-order chi connectivity index (χ1) is 46.6. The van der Waals surface area contributed by atoms with Crippen LogP contribution >= 0.6 is 0 Å². The molecule has 3 atom stereocenters. The number of nitrogens with one attached hydrogen (secondary N) is 3. The maximum atomic E-state index is 13.3. The van der Waals surface area contributed by atoms with Gasteiger partial charge in [-0.2, -0.15) is 15.3 Å². The molecule has 0 spiro atoms. The molecule has 6 heterocycles. The summed E-state index contributed by atoms with van der Waals surface area (Å²) in [7, 11) is 4.88. The zero-order valence-corrected chi connectivity index (χ0v) is 54.5. The first-order valence-electron chi connectivity index (χ1n) is 31.6. The number of aromatic nitrogens is 6. The number of carbonyl (C=O) groups excluding carboxylic acids is 3. The minimum absolute atomic E-state index is 0.0363. The maximum Gasteiger partial charge on any atom is 0.273 e. The lowest BCUT2D eigenvalue weighted by Crippen LogP contribution is -2.31. The Morgan fingerprint density at radius 2 is 0.656 bits per heavy atom. The summed E-state index contributed by atoms with van der Waals surface area (Å²) in [5.41, 5.74) is 8.79. The lowest BCUT2D eigenvalue weighted by Gasteiger charge is -2.27. The van der Waals surface area contributed by atoms with Crippen LogP contribution in [0.5, 0.6) is 51.7 Å². The average molecular weight is 1320 g/mol. The van der Waals surface area contributed by atoms with Gasteiger partial charge in [0.25, 0.3) is 17.7 Å². The van der Waals surface area contributed by atoms with Gasteiger partial charge in [0.15, 0.2) is 34.5 Å². The van der Waals surface area contributed by atoms with Crippen molar-refractivity contribution in [3.63, 3.8) is 0 Å². The second-order valence-electron chi connectivity index (χ2n) is 22.2. The molecule has 0 saturated heterocycles. The SMILES string of the molecule is CCO.CCOc1cc(C2c3c(-c4ccccc4O)n[nH]c3C(=O)N2CCCOC)ccc1O.CCOc1cc(C2c3c(-c4ccccc4O)n[nH]c3C(=O)N2CCCOC)ccc1O.CCOc1cc(C2c3c(-c4ccccc4O)n[nH]c3C(=O)N2CCCOC)ccc1O. The van der Waals surface area contributed by atoms with Gasteiger partial charge in [0.1, 0.15) is 51.4 Å². The molecular formula is C71H81N9O16. The molecule has 96 heavy (non-hydrogen) atoms. The fourth-order valence-corrected chi connectivity index (χ4v) is 12.0. The van der Waals surface area contributed by atoms with Crippen molar-refractivity contribution in [3.05, 3.63) is 178 Å². The molecule has 12 rings (SSSR count). The van der Waals surface area contributed by atoms with Crippen molar-refractivity contribution in [3.8, 4) is 85.5 Å². The van der Waals surface area contributed by atoms with Crippen molar-refractivity contribution >= 4 is 17.7 Å². The van der Waals surface area contributed by atoms with Gasteiger partial charge < -0.3 is 78.9 Å². The number of methoxy groups -OCH3 is 3. The van der Waals surface area contributed by atoms with Gasteiger partial charge in [-0.15, -0.1) is 0 Å². The Bertz CT molecular complexity index is 3720. The average Bonchev–Trinajstić information content (AvgIpc) is 1.60. The molecule has 10 N–H and O–H groups in total. The third kappa shape index (κ3) is 14.7. The van der Waals surface area contributed by atoms with Crippen molar-refractivity contribution in [1.29, 1.82) is 0 Å². The summed E-state index contributed by atoms with van der Waals surface area (Å²) in [6.07, 6.45) is 2.00. The van der Waals surface area contributed by atoms with E-state index in [1.165, 1.54) is 0 Å². The first-order valence-corrected chi connectivity index (χ1v) is 31.6. The number of hydrogen-bond donors (Lipinski definition) is 10. The molecule has 25 nitrogen and oxygen atoms in total. The summed E-state index contributed by atoms with van der Waals surface area (Å²) < 4.78 is 32.2. The molecule has 0 aliphatic carbocycles. The van der Waals surface area contributed by atoms with Crippen LogP contribution in [-0.2, 0) is 14.2 Å². The van der Waals surface area contributed by atoms with Gasteiger partial charge in [0.05, 0.1) is 37.9 Å². The monoisotopic (exact) mass is 1320 g/mol. The van der Waals surface area contributed by atoms with Crippen molar-refractivity contribution < 1.29 is 78.6 Å².